The van der Waals surface area contributed by atoms with Crippen LogP contribution in [0, 0.1) is 6.92 Å². The van der Waals surface area contributed by atoms with Crippen LogP contribution in [-0.4, -0.2) is 37.1 Å². The van der Waals surface area contributed by atoms with Crippen LogP contribution >= 0.6 is 0 Å². The standard InChI is InChI=1S/C17H23N3O3/c1-12-10-13(19-16(22)17(18)6-2-3-7-17)4-5-14(12)20-8-9-23-11-15(20)21/h4-5,10H,2-3,6-9,11,18H2,1H3,(H,19,22). The summed E-state index contributed by atoms with van der Waals surface area (Å²) in [6, 6.07) is 5.57. The third-order valence-electron chi connectivity index (χ3n) is 4.68. The second kappa shape index (κ2) is 6.29. The molecule has 1 aromatic carbocycles. The van der Waals surface area contributed by atoms with E-state index in [9.17, 15) is 9.59 Å². The summed E-state index contributed by atoms with van der Waals surface area (Å²) in [5.41, 5.74) is 7.95. The van der Waals surface area contributed by atoms with Crippen molar-refractivity contribution in [2.45, 2.75) is 38.1 Å². The molecule has 0 atom stereocenters. The van der Waals surface area contributed by atoms with Gasteiger partial charge in [0.15, 0.2) is 0 Å². The Morgan fingerprint density at radius 1 is 1.35 bits per heavy atom. The first kappa shape index (κ1) is 16.0. The first-order valence-electron chi connectivity index (χ1n) is 8.09. The Kier molecular flexibility index (Phi) is 4.37. The van der Waals surface area contributed by atoms with Crippen LogP contribution in [-0.2, 0) is 14.3 Å². The molecule has 3 rings (SSSR count). The Balaban J connectivity index is 1.74. The van der Waals surface area contributed by atoms with Crippen molar-refractivity contribution in [3.8, 4) is 0 Å². The number of nitrogens with zero attached hydrogens (tertiary/aromatic N) is 1. The van der Waals surface area contributed by atoms with Gasteiger partial charge in [0.2, 0.25) is 5.91 Å². The fourth-order valence-corrected chi connectivity index (χ4v) is 3.30. The van der Waals surface area contributed by atoms with Crippen molar-refractivity contribution in [1.82, 2.24) is 0 Å². The number of hydrogen-bond donors (Lipinski definition) is 2. The quantitative estimate of drug-likeness (QED) is 0.886. The highest BCUT2D eigenvalue weighted by molar-refractivity contribution is 5.99. The lowest BCUT2D eigenvalue weighted by atomic mass is 9.98. The average molecular weight is 317 g/mol. The maximum atomic E-state index is 12.4. The maximum Gasteiger partial charge on any atom is 0.253 e. The summed E-state index contributed by atoms with van der Waals surface area (Å²) in [6.07, 6.45) is 3.47. The molecule has 1 saturated heterocycles. The average Bonchev–Trinajstić information content (AvgIpc) is 2.97. The van der Waals surface area contributed by atoms with Crippen LogP contribution in [0.4, 0.5) is 11.4 Å². The van der Waals surface area contributed by atoms with Gasteiger partial charge in [0.1, 0.15) is 6.61 Å². The van der Waals surface area contributed by atoms with E-state index < -0.39 is 5.54 Å². The number of carbonyl (C=O) groups excluding carboxylic acids is 2. The molecule has 0 radical (unpaired) electrons. The summed E-state index contributed by atoms with van der Waals surface area (Å²) >= 11 is 0. The SMILES string of the molecule is Cc1cc(NC(=O)C2(N)CCCC2)ccc1N1CCOCC1=O. The molecule has 124 valence electrons. The van der Waals surface area contributed by atoms with Crippen LogP contribution in [0.25, 0.3) is 0 Å². The Labute approximate surface area is 136 Å². The molecule has 0 unspecified atom stereocenters. The highest BCUT2D eigenvalue weighted by Crippen LogP contribution is 2.30. The second-order valence-corrected chi connectivity index (χ2v) is 6.42. The number of morpholine rings is 1. The zero-order chi connectivity index (χ0) is 16.4. The summed E-state index contributed by atoms with van der Waals surface area (Å²) in [7, 11) is 0. The molecule has 1 saturated carbocycles. The molecule has 1 aliphatic carbocycles. The Hall–Kier alpha value is -1.92. The molecule has 3 N–H and O–H groups in total. The van der Waals surface area contributed by atoms with Gasteiger partial charge in [-0.15, -0.1) is 0 Å². The molecule has 2 amide bonds. The van der Waals surface area contributed by atoms with E-state index in [0.717, 1.165) is 36.9 Å². The molecule has 1 aliphatic heterocycles. The van der Waals surface area contributed by atoms with E-state index in [1.54, 1.807) is 4.90 Å². The van der Waals surface area contributed by atoms with Gasteiger partial charge >= 0.3 is 0 Å². The van der Waals surface area contributed by atoms with E-state index in [0.29, 0.717) is 18.8 Å². The number of benzene rings is 1. The molecule has 0 bridgehead atoms. The Morgan fingerprint density at radius 2 is 2.09 bits per heavy atom. The number of nitrogens with two attached hydrogens (primary N) is 1. The highest BCUT2D eigenvalue weighted by atomic mass is 16.5. The first-order valence-corrected chi connectivity index (χ1v) is 8.09. The van der Waals surface area contributed by atoms with Gasteiger partial charge in [0.25, 0.3) is 5.91 Å². The minimum absolute atomic E-state index is 0.0389. The molecule has 23 heavy (non-hydrogen) atoms. The number of ether oxygens (including phenoxy) is 1. The van der Waals surface area contributed by atoms with Crippen LogP contribution in [0.2, 0.25) is 0 Å². The smallest absolute Gasteiger partial charge is 0.253 e. The van der Waals surface area contributed by atoms with Gasteiger partial charge in [-0.05, 0) is 43.5 Å². The van der Waals surface area contributed by atoms with Crippen molar-refractivity contribution in [2.75, 3.05) is 30.0 Å². The summed E-state index contributed by atoms with van der Waals surface area (Å²) in [5.74, 6) is -0.160. The van der Waals surface area contributed by atoms with Crippen LogP contribution in [0.15, 0.2) is 18.2 Å². The molecular formula is C17H23N3O3. The van der Waals surface area contributed by atoms with Crippen molar-refractivity contribution in [2.24, 2.45) is 5.73 Å². The van der Waals surface area contributed by atoms with E-state index in [1.165, 1.54) is 0 Å². The molecular weight excluding hydrogens is 294 g/mol. The van der Waals surface area contributed by atoms with E-state index in [2.05, 4.69) is 5.32 Å². The lowest BCUT2D eigenvalue weighted by molar-refractivity contribution is -0.125. The molecule has 2 aliphatic rings. The van der Waals surface area contributed by atoms with Gasteiger partial charge in [-0.2, -0.15) is 0 Å². The summed E-state index contributed by atoms with van der Waals surface area (Å²) in [6.45, 7) is 3.14. The number of nitrogens with one attached hydrogen (secondary N) is 1. The van der Waals surface area contributed by atoms with Crippen molar-refractivity contribution in [3.63, 3.8) is 0 Å². The van der Waals surface area contributed by atoms with E-state index in [-0.39, 0.29) is 18.4 Å². The predicted molar refractivity (Wildman–Crippen MR) is 88.4 cm³/mol. The van der Waals surface area contributed by atoms with Crippen molar-refractivity contribution in [3.05, 3.63) is 23.8 Å². The van der Waals surface area contributed by atoms with Gasteiger partial charge in [-0.3, -0.25) is 9.59 Å². The van der Waals surface area contributed by atoms with Crippen LogP contribution in [0.1, 0.15) is 31.2 Å². The van der Waals surface area contributed by atoms with Gasteiger partial charge in [0, 0.05) is 17.9 Å². The largest absolute Gasteiger partial charge is 0.370 e. The number of amides is 2. The van der Waals surface area contributed by atoms with Crippen LogP contribution in [0.3, 0.4) is 0 Å². The monoisotopic (exact) mass is 317 g/mol. The minimum atomic E-state index is -0.743. The van der Waals surface area contributed by atoms with Crippen LogP contribution in [0.5, 0.6) is 0 Å². The number of rotatable bonds is 3. The van der Waals surface area contributed by atoms with E-state index >= 15 is 0 Å². The molecule has 6 heteroatoms. The molecule has 6 nitrogen and oxygen atoms in total. The van der Waals surface area contributed by atoms with Crippen LogP contribution < -0.4 is 16.0 Å². The molecule has 0 spiro atoms. The normalized spacial score (nSPS) is 20.6. The van der Waals surface area contributed by atoms with Gasteiger partial charge < -0.3 is 20.7 Å². The highest BCUT2D eigenvalue weighted by Gasteiger charge is 2.37. The number of anilines is 2. The van der Waals surface area contributed by atoms with Gasteiger partial charge in [-0.25, -0.2) is 0 Å². The third kappa shape index (κ3) is 3.23. The summed E-state index contributed by atoms with van der Waals surface area (Å²) in [4.78, 5) is 26.0. The lowest BCUT2D eigenvalue weighted by Gasteiger charge is -2.28. The molecule has 1 aromatic rings. The number of aryl methyl sites for hydroxylation is 1. The second-order valence-electron chi connectivity index (χ2n) is 6.42. The third-order valence-corrected chi connectivity index (χ3v) is 4.68. The summed E-state index contributed by atoms with van der Waals surface area (Å²) < 4.78 is 5.16. The van der Waals surface area contributed by atoms with E-state index in [4.69, 9.17) is 10.5 Å². The first-order chi connectivity index (χ1) is 11.0. The zero-order valence-electron chi connectivity index (χ0n) is 13.4. The van der Waals surface area contributed by atoms with Crippen molar-refractivity contribution in [1.29, 1.82) is 0 Å². The molecule has 1 heterocycles. The summed E-state index contributed by atoms with van der Waals surface area (Å²) in [5, 5.41) is 2.91. The molecule has 2 fully saturated rings. The Bertz CT molecular complexity index is 624. The predicted octanol–water partition coefficient (Wildman–Crippen LogP) is 1.57. The topological polar surface area (TPSA) is 84.7 Å². The fourth-order valence-electron chi connectivity index (χ4n) is 3.30. The molecule has 0 aromatic heterocycles. The maximum absolute atomic E-state index is 12.4. The lowest BCUT2D eigenvalue weighted by Crippen LogP contribution is -2.48. The minimum Gasteiger partial charge on any atom is -0.370 e. The van der Waals surface area contributed by atoms with Gasteiger partial charge in [-0.1, -0.05) is 12.8 Å². The van der Waals surface area contributed by atoms with E-state index in [1.807, 2.05) is 25.1 Å². The van der Waals surface area contributed by atoms with Crippen molar-refractivity contribution >= 4 is 23.2 Å². The Morgan fingerprint density at radius 3 is 2.74 bits per heavy atom. The van der Waals surface area contributed by atoms with Crippen molar-refractivity contribution < 1.29 is 14.3 Å². The number of hydrogen-bond acceptors (Lipinski definition) is 4. The fraction of sp³-hybridized carbons (Fsp3) is 0.529. The zero-order valence-corrected chi connectivity index (χ0v) is 13.4. The van der Waals surface area contributed by atoms with Gasteiger partial charge in [0.05, 0.1) is 12.1 Å². The number of carbonyl (C=O) groups is 2.